The Morgan fingerprint density at radius 1 is 1.09 bits per heavy atom. The highest BCUT2D eigenvalue weighted by Gasteiger charge is 2.27. The number of fused-ring (bicyclic) bond motifs is 1. The van der Waals surface area contributed by atoms with Crippen LogP contribution in [0.2, 0.25) is 10.0 Å². The lowest BCUT2D eigenvalue weighted by molar-refractivity contribution is -0.907. The van der Waals surface area contributed by atoms with Crippen LogP contribution in [0.4, 0.5) is 6.01 Å². The number of aryl methyl sites for hydroxylation is 1. The Kier molecular flexibility index (Phi) is 8.74. The van der Waals surface area contributed by atoms with E-state index >= 15 is 0 Å². The molecule has 1 aromatic heterocycles. The molecule has 0 spiro atoms. The van der Waals surface area contributed by atoms with Gasteiger partial charge in [0.05, 0.1) is 35.7 Å². The van der Waals surface area contributed by atoms with Crippen molar-refractivity contribution in [2.24, 2.45) is 11.8 Å². The molecule has 7 heteroatoms. The molecule has 0 saturated carbocycles. The topological polar surface area (TPSA) is 42.5 Å². The Labute approximate surface area is 207 Å². The molecule has 0 amide bonds. The summed E-state index contributed by atoms with van der Waals surface area (Å²) in [6, 6.07) is 13.1. The molecular weight excluding hydrogens is 465 g/mol. The lowest BCUT2D eigenvalue weighted by Gasteiger charge is -2.33. The second kappa shape index (κ2) is 11.1. The number of likely N-dealkylation sites (tertiary alicyclic amines) is 1. The molecule has 0 unspecified atom stereocenters. The number of anilines is 1. The van der Waals surface area contributed by atoms with Crippen molar-refractivity contribution in [1.29, 1.82) is 0 Å². The molecule has 0 aliphatic carbocycles. The van der Waals surface area contributed by atoms with Gasteiger partial charge in [0.15, 0.2) is 5.58 Å². The Morgan fingerprint density at radius 2 is 1.84 bits per heavy atom. The number of quaternary nitrogens is 1. The fourth-order valence-electron chi connectivity index (χ4n) is 4.51. The maximum absolute atomic E-state index is 6.19. The molecule has 4 rings (SSSR count). The monoisotopic (exact) mass is 495 g/mol. The molecule has 4 nitrogen and oxygen atoms in total. The summed E-state index contributed by atoms with van der Waals surface area (Å²) in [6.07, 6.45) is 3.56. The van der Waals surface area contributed by atoms with Crippen LogP contribution in [0.25, 0.3) is 11.1 Å². The van der Waals surface area contributed by atoms with E-state index in [2.05, 4.69) is 43.2 Å². The van der Waals surface area contributed by atoms with E-state index in [1.807, 2.05) is 24.3 Å². The first kappa shape index (κ1) is 25.2. The number of halogens is 3. The number of aromatic nitrogens is 1. The standard InChI is InChI=1S/C25H31Cl2N3O.ClH/c1-16(2)23(29-25-28-22-7-4-17(3)12-24(22)31-25)15-30-10-8-18(9-11-30)13-19-5-6-20(26)21(27)14-19;/h4-7,12,14,16,18,23H,8-11,13,15H2,1-3H3,(H,28,29);1H/t23-;/m0./s1. The lowest BCUT2D eigenvalue weighted by atomic mass is 9.89. The predicted molar refractivity (Wildman–Crippen MR) is 129 cm³/mol. The van der Waals surface area contributed by atoms with Crippen LogP contribution in [0, 0.1) is 18.8 Å². The summed E-state index contributed by atoms with van der Waals surface area (Å²) in [5, 5.41) is 4.86. The van der Waals surface area contributed by atoms with Crippen LogP contribution < -0.4 is 22.6 Å². The summed E-state index contributed by atoms with van der Waals surface area (Å²) in [5.74, 6) is 1.21. The quantitative estimate of drug-likeness (QED) is 0.528. The number of piperidine rings is 1. The molecule has 1 atom stereocenters. The van der Waals surface area contributed by atoms with Crippen molar-refractivity contribution in [3.8, 4) is 0 Å². The van der Waals surface area contributed by atoms with Gasteiger partial charge >= 0.3 is 0 Å². The third kappa shape index (κ3) is 6.32. The number of hydrogen-bond acceptors (Lipinski definition) is 3. The Hall–Kier alpha value is -1.46. The average Bonchev–Trinajstić information content (AvgIpc) is 3.13. The molecule has 1 fully saturated rings. The van der Waals surface area contributed by atoms with Crippen molar-refractivity contribution in [3.05, 3.63) is 57.6 Å². The number of rotatable bonds is 7. The molecule has 32 heavy (non-hydrogen) atoms. The van der Waals surface area contributed by atoms with Crippen LogP contribution in [0.5, 0.6) is 0 Å². The van der Waals surface area contributed by atoms with Crippen molar-refractivity contribution in [2.45, 2.75) is 46.1 Å². The van der Waals surface area contributed by atoms with Gasteiger partial charge in [-0.2, -0.15) is 4.98 Å². The Morgan fingerprint density at radius 3 is 2.53 bits per heavy atom. The molecule has 1 saturated heterocycles. The first-order chi connectivity index (χ1) is 14.9. The third-order valence-electron chi connectivity index (χ3n) is 6.49. The van der Waals surface area contributed by atoms with Crippen LogP contribution in [0.1, 0.15) is 37.8 Å². The van der Waals surface area contributed by atoms with Crippen LogP contribution >= 0.6 is 23.2 Å². The minimum atomic E-state index is 0. The summed E-state index contributed by atoms with van der Waals surface area (Å²) in [7, 11) is 0. The number of nitrogens with zero attached hydrogens (tertiary/aromatic N) is 1. The molecule has 1 aliphatic heterocycles. The van der Waals surface area contributed by atoms with Crippen LogP contribution in [-0.4, -0.2) is 30.7 Å². The van der Waals surface area contributed by atoms with E-state index in [0.717, 1.165) is 24.1 Å². The highest BCUT2D eigenvalue weighted by molar-refractivity contribution is 6.42. The summed E-state index contributed by atoms with van der Waals surface area (Å²) in [4.78, 5) is 6.29. The SMILES string of the molecule is Cc1ccc2nc(N[C@@H](C[NH+]3CCC(Cc4ccc(Cl)c(Cl)c4)CC3)C(C)C)oc2c1.[Cl-]. The second-order valence-corrected chi connectivity index (χ2v) is 10.1. The van der Waals surface area contributed by atoms with Gasteiger partial charge in [-0.05, 0) is 73.4 Å². The molecule has 2 N–H and O–H groups in total. The molecule has 0 bridgehead atoms. The van der Waals surface area contributed by atoms with Gasteiger partial charge in [-0.25, -0.2) is 0 Å². The van der Waals surface area contributed by atoms with Gasteiger partial charge in [0.1, 0.15) is 5.52 Å². The van der Waals surface area contributed by atoms with E-state index in [0.29, 0.717) is 33.9 Å². The number of hydrogen-bond donors (Lipinski definition) is 2. The van der Waals surface area contributed by atoms with Gasteiger partial charge in [-0.15, -0.1) is 0 Å². The zero-order valence-electron chi connectivity index (χ0n) is 18.9. The number of oxazole rings is 1. The second-order valence-electron chi connectivity index (χ2n) is 9.34. The fourth-order valence-corrected chi connectivity index (χ4v) is 4.83. The lowest BCUT2D eigenvalue weighted by Crippen LogP contribution is -3.14. The van der Waals surface area contributed by atoms with Gasteiger partial charge in [-0.1, -0.05) is 49.2 Å². The van der Waals surface area contributed by atoms with Gasteiger partial charge in [0.2, 0.25) is 0 Å². The number of nitrogens with one attached hydrogen (secondary N) is 2. The number of benzene rings is 2. The minimum absolute atomic E-state index is 0. The Balaban J connectivity index is 0.00000289. The van der Waals surface area contributed by atoms with Gasteiger partial charge in [0, 0.05) is 0 Å². The third-order valence-corrected chi connectivity index (χ3v) is 7.23. The first-order valence-electron chi connectivity index (χ1n) is 11.3. The largest absolute Gasteiger partial charge is 1.00 e. The van der Waals surface area contributed by atoms with Crippen molar-refractivity contribution < 1.29 is 21.7 Å². The van der Waals surface area contributed by atoms with E-state index in [9.17, 15) is 0 Å². The zero-order valence-corrected chi connectivity index (χ0v) is 21.2. The normalized spacial score (nSPS) is 19.7. The molecule has 0 radical (unpaired) electrons. The van der Waals surface area contributed by atoms with E-state index in [4.69, 9.17) is 27.6 Å². The highest BCUT2D eigenvalue weighted by atomic mass is 35.5. The molecule has 174 valence electrons. The Bertz CT molecular complexity index is 1030. The summed E-state index contributed by atoms with van der Waals surface area (Å²) in [6.45, 7) is 10.1. The van der Waals surface area contributed by atoms with Gasteiger partial charge < -0.3 is 27.0 Å². The zero-order chi connectivity index (χ0) is 22.0. The highest BCUT2D eigenvalue weighted by Crippen LogP contribution is 2.26. The van der Waals surface area contributed by atoms with Crippen molar-refractivity contribution in [3.63, 3.8) is 0 Å². The fraction of sp³-hybridized carbons (Fsp3) is 0.480. The van der Waals surface area contributed by atoms with Crippen LogP contribution in [0.15, 0.2) is 40.8 Å². The average molecular weight is 497 g/mol. The van der Waals surface area contributed by atoms with E-state index in [1.54, 1.807) is 4.90 Å². The van der Waals surface area contributed by atoms with Gasteiger partial charge in [-0.3, -0.25) is 0 Å². The molecule has 1 aliphatic rings. The van der Waals surface area contributed by atoms with Crippen LogP contribution in [0.3, 0.4) is 0 Å². The summed E-state index contributed by atoms with van der Waals surface area (Å²) < 4.78 is 5.97. The molecular formula is C25H32Cl3N3O. The van der Waals surface area contributed by atoms with E-state index in [1.165, 1.54) is 37.1 Å². The molecule has 3 aromatic rings. The van der Waals surface area contributed by atoms with Crippen LogP contribution in [-0.2, 0) is 6.42 Å². The molecule has 2 aromatic carbocycles. The summed E-state index contributed by atoms with van der Waals surface area (Å²) >= 11 is 12.2. The van der Waals surface area contributed by atoms with Crippen molar-refractivity contribution in [1.82, 2.24) is 4.98 Å². The van der Waals surface area contributed by atoms with E-state index in [-0.39, 0.29) is 12.4 Å². The molecule has 2 heterocycles. The minimum Gasteiger partial charge on any atom is -1.00 e. The predicted octanol–water partition coefficient (Wildman–Crippen LogP) is 2.42. The smallest absolute Gasteiger partial charge is 0.296 e. The van der Waals surface area contributed by atoms with E-state index < -0.39 is 0 Å². The van der Waals surface area contributed by atoms with Crippen molar-refractivity contribution >= 4 is 40.3 Å². The first-order valence-corrected chi connectivity index (χ1v) is 12.0. The summed E-state index contributed by atoms with van der Waals surface area (Å²) in [5.41, 5.74) is 4.23. The maximum Gasteiger partial charge on any atom is 0.296 e. The van der Waals surface area contributed by atoms with Gasteiger partial charge in [0.25, 0.3) is 6.01 Å². The van der Waals surface area contributed by atoms with Crippen molar-refractivity contribution in [2.75, 3.05) is 25.0 Å². The maximum atomic E-state index is 6.19.